The second-order valence-electron chi connectivity index (χ2n) is 23.8. The van der Waals surface area contributed by atoms with Crippen molar-refractivity contribution < 1.29 is 42.1 Å². The van der Waals surface area contributed by atoms with Crippen molar-refractivity contribution in [2.45, 2.75) is 277 Å². The molecule has 0 saturated carbocycles. The van der Waals surface area contributed by atoms with Gasteiger partial charge in [0.05, 0.1) is 27.7 Å². The first-order valence-corrected chi connectivity index (χ1v) is 36.0. The van der Waals surface area contributed by atoms with E-state index in [0.29, 0.717) is 17.4 Å². The molecule has 0 aromatic heterocycles. The molecule has 0 aromatic rings. The lowest BCUT2D eigenvalue weighted by Gasteiger charge is -2.28. The van der Waals surface area contributed by atoms with Gasteiger partial charge < -0.3 is 27.9 Å². The average molecular weight is 1210 g/mol. The van der Waals surface area contributed by atoms with E-state index in [-0.39, 0.29) is 26.1 Å². The predicted octanol–water partition coefficient (Wildman–Crippen LogP) is 22.0. The molecule has 9 nitrogen and oxygen atoms in total. The van der Waals surface area contributed by atoms with Crippen LogP contribution < -0.4 is 4.89 Å². The van der Waals surface area contributed by atoms with E-state index >= 15 is 0 Å². The molecule has 0 aliphatic heterocycles. The second-order valence-corrected chi connectivity index (χ2v) is 25.2. The molecule has 0 N–H and O–H groups in total. The molecule has 86 heavy (non-hydrogen) atoms. The van der Waals surface area contributed by atoms with Crippen molar-refractivity contribution in [1.29, 1.82) is 0 Å². The molecule has 0 aromatic carbocycles. The fourth-order valence-corrected chi connectivity index (χ4v) is 9.80. The van der Waals surface area contributed by atoms with Gasteiger partial charge in [-0.15, -0.1) is 0 Å². The first kappa shape index (κ1) is 81.9. The van der Waals surface area contributed by atoms with Crippen molar-refractivity contribution in [3.63, 3.8) is 0 Å². The van der Waals surface area contributed by atoms with Gasteiger partial charge >= 0.3 is 11.9 Å². The molecule has 0 rings (SSSR count). The maximum absolute atomic E-state index is 12.8. The fourth-order valence-electron chi connectivity index (χ4n) is 9.07. The summed E-state index contributed by atoms with van der Waals surface area (Å²) in [7, 11) is 1.12. The minimum atomic E-state index is -4.66. The number of esters is 2. The van der Waals surface area contributed by atoms with Crippen LogP contribution in [0.4, 0.5) is 0 Å². The van der Waals surface area contributed by atoms with Gasteiger partial charge in [0.1, 0.15) is 19.8 Å². The van der Waals surface area contributed by atoms with Crippen molar-refractivity contribution in [2.24, 2.45) is 0 Å². The van der Waals surface area contributed by atoms with E-state index in [1.165, 1.54) is 135 Å². The number of phosphoric ester groups is 1. The molecule has 10 heteroatoms. The van der Waals surface area contributed by atoms with Crippen molar-refractivity contribution in [3.05, 3.63) is 146 Å². The van der Waals surface area contributed by atoms with Gasteiger partial charge in [-0.05, 0) is 122 Å². The standard InChI is InChI=1S/C76H128NO8P/c1-6-8-10-12-14-16-18-20-22-24-26-28-30-32-34-36-37-38-39-41-43-45-47-49-51-53-55-57-59-61-63-65-67-69-76(79)85-74(73-84-86(80,81)83-71-70-77(3,4)5)72-82-75(78)68-66-64-62-60-58-56-54-52-50-48-46-44-42-40-35-33-31-29-27-25-23-21-19-17-15-13-11-9-7-2/h8,10,14,16,19-22,25-28,32,34,37-38,41,43,47,49,53,55,59,61,74H,6-7,9,11-13,15,17-18,23-24,29-31,33,35-36,39-40,42,44-46,48,50-52,54,56-58,60,62-73H2,1-5H3/b10-8-,16-14-,21-19-,22-20-,27-25-,28-26-,34-32-,38-37-,43-41-,49-47-,55-53-,61-59-. The largest absolute Gasteiger partial charge is 0.756 e. The summed E-state index contributed by atoms with van der Waals surface area (Å²) >= 11 is 0. The van der Waals surface area contributed by atoms with Gasteiger partial charge in [0.2, 0.25) is 0 Å². The highest BCUT2D eigenvalue weighted by Crippen LogP contribution is 2.38. The summed E-state index contributed by atoms with van der Waals surface area (Å²) < 4.78 is 34.2. The van der Waals surface area contributed by atoms with Crippen LogP contribution >= 0.6 is 7.82 Å². The molecule has 0 radical (unpaired) electrons. The Morgan fingerprint density at radius 1 is 0.372 bits per heavy atom. The minimum Gasteiger partial charge on any atom is -0.756 e. The van der Waals surface area contributed by atoms with E-state index in [9.17, 15) is 19.0 Å². The van der Waals surface area contributed by atoms with Crippen LogP contribution in [0, 0.1) is 0 Å². The van der Waals surface area contributed by atoms with E-state index in [4.69, 9.17) is 18.5 Å². The van der Waals surface area contributed by atoms with E-state index in [1.807, 2.05) is 21.1 Å². The Labute approximate surface area is 529 Å². The minimum absolute atomic E-state index is 0.0465. The Balaban J connectivity index is 4.19. The van der Waals surface area contributed by atoms with Gasteiger partial charge in [-0.25, -0.2) is 0 Å². The number of likely N-dealkylation sites (N-methyl/N-ethyl adjacent to an activating group) is 1. The first-order valence-electron chi connectivity index (χ1n) is 34.5. The van der Waals surface area contributed by atoms with Crippen LogP contribution in [0.15, 0.2) is 146 Å². The molecule has 0 amide bonds. The normalized spacial score (nSPS) is 14.1. The monoisotopic (exact) mass is 1210 g/mol. The Bertz CT molecular complexity index is 1960. The quantitative estimate of drug-likeness (QED) is 0.0195. The number of nitrogens with zero attached hydrogens (tertiary/aromatic N) is 1. The molecule has 0 aliphatic carbocycles. The smallest absolute Gasteiger partial charge is 0.306 e. The summed E-state index contributed by atoms with van der Waals surface area (Å²) in [5.74, 6) is -0.888. The Kier molecular flexibility index (Phi) is 62.2. The van der Waals surface area contributed by atoms with Gasteiger partial charge in [-0.1, -0.05) is 282 Å². The number of hydrogen-bond donors (Lipinski definition) is 0. The number of unbranched alkanes of at least 4 members (excludes halogenated alkanes) is 24. The lowest BCUT2D eigenvalue weighted by atomic mass is 10.0. The topological polar surface area (TPSA) is 111 Å². The summed E-state index contributed by atoms with van der Waals surface area (Å²) in [5, 5.41) is 0. The Hall–Kier alpha value is -4.11. The number of phosphoric acid groups is 1. The second kappa shape index (κ2) is 65.3. The van der Waals surface area contributed by atoms with Gasteiger partial charge in [-0.2, -0.15) is 0 Å². The summed E-state index contributed by atoms with van der Waals surface area (Å²) in [4.78, 5) is 38.0. The molecule has 490 valence electrons. The molecule has 0 aliphatic rings. The summed E-state index contributed by atoms with van der Waals surface area (Å²) in [6.07, 6.45) is 96.4. The molecule has 0 spiro atoms. The third-order valence-electron chi connectivity index (χ3n) is 14.3. The molecular formula is C76H128NO8P. The van der Waals surface area contributed by atoms with Crippen molar-refractivity contribution in [2.75, 3.05) is 47.5 Å². The van der Waals surface area contributed by atoms with Crippen LogP contribution in [-0.2, 0) is 32.7 Å². The number of carbonyl (C=O) groups excluding carboxylic acids is 2. The van der Waals surface area contributed by atoms with E-state index < -0.39 is 32.5 Å². The van der Waals surface area contributed by atoms with E-state index in [1.54, 1.807) is 0 Å². The summed E-state index contributed by atoms with van der Waals surface area (Å²) in [6, 6.07) is 0. The fraction of sp³-hybridized carbons (Fsp3) is 0.658. The van der Waals surface area contributed by atoms with E-state index in [0.717, 1.165) is 103 Å². The third-order valence-corrected chi connectivity index (χ3v) is 15.3. The maximum atomic E-state index is 12.8. The SMILES string of the molecule is CC/C=C\C/C=C\C/C=C\C/C=C\C/C=C\C/C=C\C/C=C\C/C=C\C/C=C\C/C=C\CCCCC(=O)OC(COC(=O)CCCCCCCCCCCCCCCCCCC/C=C\C/C=C\CCCCCCC)COP(=O)([O-])OCC[N+](C)(C)C. The van der Waals surface area contributed by atoms with Crippen LogP contribution in [0.2, 0.25) is 0 Å². The first-order chi connectivity index (χ1) is 42.0. The van der Waals surface area contributed by atoms with Crippen molar-refractivity contribution in [3.8, 4) is 0 Å². The Morgan fingerprint density at radius 2 is 0.663 bits per heavy atom. The third kappa shape index (κ3) is 69.0. The van der Waals surface area contributed by atoms with Gasteiger partial charge in [0.25, 0.3) is 7.82 Å². The van der Waals surface area contributed by atoms with Crippen LogP contribution in [0.5, 0.6) is 0 Å². The average Bonchev–Trinajstić information content (AvgIpc) is 3.70. The molecule has 0 heterocycles. The van der Waals surface area contributed by atoms with Gasteiger partial charge in [-0.3, -0.25) is 14.2 Å². The molecule has 2 atom stereocenters. The zero-order valence-corrected chi connectivity index (χ0v) is 56.6. The summed E-state index contributed by atoms with van der Waals surface area (Å²) in [5.41, 5.74) is 0. The Morgan fingerprint density at radius 3 is 1.01 bits per heavy atom. The van der Waals surface area contributed by atoms with Crippen LogP contribution in [0.25, 0.3) is 0 Å². The molecule has 0 bridgehead atoms. The predicted molar refractivity (Wildman–Crippen MR) is 369 cm³/mol. The zero-order valence-electron chi connectivity index (χ0n) is 55.7. The number of quaternary nitrogens is 1. The lowest BCUT2D eigenvalue weighted by Crippen LogP contribution is -2.37. The number of carbonyl (C=O) groups is 2. The maximum Gasteiger partial charge on any atom is 0.306 e. The highest BCUT2D eigenvalue weighted by Gasteiger charge is 2.22. The number of allylic oxidation sites excluding steroid dienone is 24. The van der Waals surface area contributed by atoms with Crippen LogP contribution in [0.1, 0.15) is 271 Å². The molecule has 2 unspecified atom stereocenters. The summed E-state index contributed by atoms with van der Waals surface area (Å²) in [6.45, 7) is 4.07. The number of ether oxygens (including phenoxy) is 2. The van der Waals surface area contributed by atoms with Crippen LogP contribution in [-0.4, -0.2) is 70.0 Å². The van der Waals surface area contributed by atoms with Gasteiger partial charge in [0, 0.05) is 12.8 Å². The highest BCUT2D eigenvalue weighted by atomic mass is 31.2. The molecule has 0 fully saturated rings. The molecular weight excluding hydrogens is 1090 g/mol. The van der Waals surface area contributed by atoms with Crippen molar-refractivity contribution >= 4 is 19.8 Å². The van der Waals surface area contributed by atoms with Crippen molar-refractivity contribution in [1.82, 2.24) is 0 Å². The van der Waals surface area contributed by atoms with E-state index in [2.05, 4.69) is 160 Å². The zero-order chi connectivity index (χ0) is 62.6. The van der Waals surface area contributed by atoms with Crippen LogP contribution in [0.3, 0.4) is 0 Å². The molecule has 0 saturated heterocycles. The number of rotatable bonds is 62. The van der Waals surface area contributed by atoms with Gasteiger partial charge in [0.15, 0.2) is 6.10 Å². The highest BCUT2D eigenvalue weighted by molar-refractivity contribution is 7.45. The lowest BCUT2D eigenvalue weighted by molar-refractivity contribution is -0.870. The number of hydrogen-bond acceptors (Lipinski definition) is 8.